The van der Waals surface area contributed by atoms with E-state index in [0.29, 0.717) is 18.7 Å². The molecule has 5 heteroatoms. The van der Waals surface area contributed by atoms with Crippen LogP contribution in [0.25, 0.3) is 11.1 Å². The van der Waals surface area contributed by atoms with Crippen molar-refractivity contribution in [2.45, 2.75) is 19.0 Å². The summed E-state index contributed by atoms with van der Waals surface area (Å²) in [5.41, 5.74) is 6.33. The Morgan fingerprint density at radius 2 is 1.55 bits per heavy atom. The van der Waals surface area contributed by atoms with Crippen molar-refractivity contribution < 1.29 is 13.2 Å². The molecule has 0 bridgehead atoms. The number of nitrogen functional groups attached to an aromatic ring is 1. The monoisotopic (exact) mass is 306 g/mol. The average Bonchev–Trinajstić information content (AvgIpc) is 3.00. The summed E-state index contributed by atoms with van der Waals surface area (Å²) >= 11 is 0. The highest BCUT2D eigenvalue weighted by Gasteiger charge is 2.39. The van der Waals surface area contributed by atoms with Gasteiger partial charge in [0.1, 0.15) is 0 Å². The minimum atomic E-state index is -4.45. The molecule has 22 heavy (non-hydrogen) atoms. The van der Waals surface area contributed by atoms with Crippen LogP contribution >= 0.6 is 0 Å². The van der Waals surface area contributed by atoms with E-state index < -0.39 is 11.7 Å². The predicted octanol–water partition coefficient (Wildman–Crippen LogP) is 4.55. The van der Waals surface area contributed by atoms with Crippen LogP contribution in [0, 0.1) is 0 Å². The minimum absolute atomic E-state index is 0.131. The molecule has 0 amide bonds. The van der Waals surface area contributed by atoms with Crippen LogP contribution < -0.4 is 10.6 Å². The van der Waals surface area contributed by atoms with E-state index in [0.717, 1.165) is 12.8 Å². The van der Waals surface area contributed by atoms with E-state index in [1.165, 1.54) is 6.07 Å². The second-order valence-electron chi connectivity index (χ2n) is 5.48. The molecule has 2 aromatic rings. The van der Waals surface area contributed by atoms with Gasteiger partial charge in [-0.1, -0.05) is 36.4 Å². The molecule has 1 aliphatic heterocycles. The van der Waals surface area contributed by atoms with Gasteiger partial charge in [0.25, 0.3) is 0 Å². The second kappa shape index (κ2) is 5.55. The van der Waals surface area contributed by atoms with Crippen LogP contribution in [0.4, 0.5) is 24.5 Å². The standard InChI is InChI=1S/C17H17F3N2/c18-17(19,20)15-13(12-6-2-1-3-7-12)8-9-14(21)16(15)22-10-4-5-11-22/h1-3,6-9H,4-5,10-11,21H2. The van der Waals surface area contributed by atoms with Gasteiger partial charge in [-0.2, -0.15) is 13.2 Å². The number of hydrogen-bond donors (Lipinski definition) is 1. The molecule has 1 aliphatic rings. The quantitative estimate of drug-likeness (QED) is 0.824. The number of hydrogen-bond acceptors (Lipinski definition) is 2. The van der Waals surface area contributed by atoms with Gasteiger partial charge in [0.15, 0.2) is 0 Å². The van der Waals surface area contributed by atoms with Crippen LogP contribution in [0.15, 0.2) is 42.5 Å². The van der Waals surface area contributed by atoms with Crippen molar-refractivity contribution in [3.8, 4) is 11.1 Å². The van der Waals surface area contributed by atoms with E-state index >= 15 is 0 Å². The molecule has 2 nitrogen and oxygen atoms in total. The van der Waals surface area contributed by atoms with Gasteiger partial charge < -0.3 is 10.6 Å². The Balaban J connectivity index is 2.25. The lowest BCUT2D eigenvalue weighted by Gasteiger charge is -2.26. The number of halogens is 3. The number of nitrogens with two attached hydrogens (primary N) is 1. The highest BCUT2D eigenvalue weighted by atomic mass is 19.4. The summed E-state index contributed by atoms with van der Waals surface area (Å²) in [7, 11) is 0. The summed E-state index contributed by atoms with van der Waals surface area (Å²) in [6.07, 6.45) is -2.66. The summed E-state index contributed by atoms with van der Waals surface area (Å²) in [5, 5.41) is 0. The van der Waals surface area contributed by atoms with Gasteiger partial charge in [0.2, 0.25) is 0 Å². The van der Waals surface area contributed by atoms with Crippen molar-refractivity contribution in [3.63, 3.8) is 0 Å². The summed E-state index contributed by atoms with van der Waals surface area (Å²) in [6, 6.07) is 11.7. The Hall–Kier alpha value is -2.17. The third-order valence-electron chi connectivity index (χ3n) is 4.00. The van der Waals surface area contributed by atoms with Crippen LogP contribution in [0.3, 0.4) is 0 Å². The summed E-state index contributed by atoms with van der Waals surface area (Å²) in [6.45, 7) is 1.23. The molecule has 2 N–H and O–H groups in total. The number of anilines is 2. The zero-order valence-electron chi connectivity index (χ0n) is 12.0. The van der Waals surface area contributed by atoms with Gasteiger partial charge in [-0.05, 0) is 30.0 Å². The van der Waals surface area contributed by atoms with E-state index in [1.807, 2.05) is 0 Å². The predicted molar refractivity (Wildman–Crippen MR) is 82.7 cm³/mol. The summed E-state index contributed by atoms with van der Waals surface area (Å²) in [4.78, 5) is 1.75. The largest absolute Gasteiger partial charge is 0.419 e. The molecule has 0 radical (unpaired) electrons. The second-order valence-corrected chi connectivity index (χ2v) is 5.48. The van der Waals surface area contributed by atoms with Crippen molar-refractivity contribution in [2.75, 3.05) is 23.7 Å². The smallest absolute Gasteiger partial charge is 0.397 e. The van der Waals surface area contributed by atoms with Gasteiger partial charge in [-0.25, -0.2) is 0 Å². The maximum absolute atomic E-state index is 13.7. The molecule has 0 aliphatic carbocycles. The normalized spacial score (nSPS) is 15.3. The molecule has 1 fully saturated rings. The van der Waals surface area contributed by atoms with Gasteiger partial charge in [-0.3, -0.25) is 0 Å². The Morgan fingerprint density at radius 3 is 2.14 bits per heavy atom. The van der Waals surface area contributed by atoms with Crippen molar-refractivity contribution in [1.29, 1.82) is 0 Å². The molecule has 3 rings (SSSR count). The average molecular weight is 306 g/mol. The molecular weight excluding hydrogens is 289 g/mol. The SMILES string of the molecule is Nc1ccc(-c2ccccc2)c(C(F)(F)F)c1N1CCCC1. The topological polar surface area (TPSA) is 29.3 Å². The first-order valence-corrected chi connectivity index (χ1v) is 7.28. The Kier molecular flexibility index (Phi) is 3.72. The van der Waals surface area contributed by atoms with Gasteiger partial charge in [-0.15, -0.1) is 0 Å². The molecule has 0 unspecified atom stereocenters. The lowest BCUT2D eigenvalue weighted by atomic mass is 9.96. The van der Waals surface area contributed by atoms with Crippen LogP contribution in [-0.2, 0) is 6.18 Å². The van der Waals surface area contributed by atoms with Gasteiger partial charge in [0.05, 0.1) is 16.9 Å². The first-order valence-electron chi connectivity index (χ1n) is 7.28. The first kappa shape index (κ1) is 14.8. The van der Waals surface area contributed by atoms with Crippen molar-refractivity contribution in [1.82, 2.24) is 0 Å². The fourth-order valence-corrected chi connectivity index (χ4v) is 3.03. The molecule has 0 atom stereocenters. The minimum Gasteiger partial charge on any atom is -0.397 e. The lowest BCUT2D eigenvalue weighted by Crippen LogP contribution is -2.24. The van der Waals surface area contributed by atoms with Gasteiger partial charge in [0, 0.05) is 13.1 Å². The van der Waals surface area contributed by atoms with Crippen molar-refractivity contribution >= 4 is 11.4 Å². The maximum atomic E-state index is 13.7. The Labute approximate surface area is 127 Å². The van der Waals surface area contributed by atoms with Gasteiger partial charge >= 0.3 is 6.18 Å². The number of rotatable bonds is 2. The zero-order valence-corrected chi connectivity index (χ0v) is 12.0. The van der Waals surface area contributed by atoms with Crippen molar-refractivity contribution in [2.24, 2.45) is 0 Å². The maximum Gasteiger partial charge on any atom is 0.419 e. The van der Waals surface area contributed by atoms with Crippen LogP contribution in [0.2, 0.25) is 0 Å². The van der Waals surface area contributed by atoms with E-state index in [-0.39, 0.29) is 16.9 Å². The molecule has 0 spiro atoms. The molecule has 0 aromatic heterocycles. The highest BCUT2D eigenvalue weighted by molar-refractivity contribution is 5.83. The van der Waals surface area contributed by atoms with E-state index in [4.69, 9.17) is 5.73 Å². The number of benzene rings is 2. The molecular formula is C17H17F3N2. The lowest BCUT2D eigenvalue weighted by molar-refractivity contribution is -0.136. The number of nitrogens with zero attached hydrogens (tertiary/aromatic N) is 1. The van der Waals surface area contributed by atoms with E-state index in [2.05, 4.69) is 0 Å². The Morgan fingerprint density at radius 1 is 0.909 bits per heavy atom. The third kappa shape index (κ3) is 2.63. The fourth-order valence-electron chi connectivity index (χ4n) is 3.03. The first-order chi connectivity index (χ1) is 10.5. The molecule has 0 saturated carbocycles. The Bertz CT molecular complexity index is 660. The van der Waals surface area contributed by atoms with E-state index in [1.54, 1.807) is 41.3 Å². The van der Waals surface area contributed by atoms with Crippen molar-refractivity contribution in [3.05, 3.63) is 48.0 Å². The fraction of sp³-hybridized carbons (Fsp3) is 0.294. The van der Waals surface area contributed by atoms with Crippen LogP contribution in [0.5, 0.6) is 0 Å². The molecule has 1 heterocycles. The molecule has 2 aromatic carbocycles. The number of alkyl halides is 3. The van der Waals surface area contributed by atoms with E-state index in [9.17, 15) is 13.2 Å². The highest BCUT2D eigenvalue weighted by Crippen LogP contribution is 2.46. The molecule has 1 saturated heterocycles. The molecule has 116 valence electrons. The summed E-state index contributed by atoms with van der Waals surface area (Å²) < 4.78 is 41.2. The van der Waals surface area contributed by atoms with Crippen LogP contribution in [0.1, 0.15) is 18.4 Å². The summed E-state index contributed by atoms with van der Waals surface area (Å²) in [5.74, 6) is 0. The van der Waals surface area contributed by atoms with Crippen LogP contribution in [-0.4, -0.2) is 13.1 Å². The third-order valence-corrected chi connectivity index (χ3v) is 4.00. The zero-order chi connectivity index (χ0) is 15.7.